The number of carbonyl (C=O) groups is 1. The molecule has 0 aromatic heterocycles. The predicted molar refractivity (Wildman–Crippen MR) is 105 cm³/mol. The Bertz CT molecular complexity index is 580. The second kappa shape index (κ2) is 11.3. The Hall–Kier alpha value is -1.59. The number of phenols is 1. The second-order valence-corrected chi connectivity index (χ2v) is 7.75. The van der Waals surface area contributed by atoms with E-state index in [0.29, 0.717) is 25.0 Å². The van der Waals surface area contributed by atoms with Crippen molar-refractivity contribution in [3.8, 4) is 11.5 Å². The van der Waals surface area contributed by atoms with Crippen molar-refractivity contribution >= 4 is 5.78 Å². The van der Waals surface area contributed by atoms with Crippen LogP contribution >= 0.6 is 0 Å². The fourth-order valence-electron chi connectivity index (χ4n) is 3.67. The summed E-state index contributed by atoms with van der Waals surface area (Å²) in [4.78, 5) is 12.1. The summed E-state index contributed by atoms with van der Waals surface area (Å²) in [5.41, 5.74) is 0.937. The van der Waals surface area contributed by atoms with Crippen LogP contribution in [0.3, 0.4) is 0 Å². The Morgan fingerprint density at radius 1 is 1.19 bits per heavy atom. The average molecular weight is 379 g/mol. The number of rotatable bonds is 11. The number of Topliss-reactive ketones (excluding diaryl/α,β-unsaturated/α-hetero) is 1. The number of hydrogen-bond acceptors (Lipinski definition) is 5. The van der Waals surface area contributed by atoms with Crippen LogP contribution in [0.15, 0.2) is 18.2 Å². The van der Waals surface area contributed by atoms with Crippen LogP contribution in [0.5, 0.6) is 11.5 Å². The standard InChI is InChI=1S/C22H34O5/c1-2-6-17(23)14-19(25)15-18(24)11-9-16-10-12-21(26)22(13-16)27-20-7-4-3-5-8-20/h10,12-13,17,19-20,23,25-26H,2-9,11,14-15H2,1H3/t17-,19+/m0/s1. The lowest BCUT2D eigenvalue weighted by molar-refractivity contribution is -0.121. The molecule has 152 valence electrons. The van der Waals surface area contributed by atoms with E-state index in [1.54, 1.807) is 12.1 Å². The maximum atomic E-state index is 12.1. The number of aliphatic hydroxyl groups is 2. The van der Waals surface area contributed by atoms with E-state index in [9.17, 15) is 20.1 Å². The molecule has 5 nitrogen and oxygen atoms in total. The zero-order valence-corrected chi connectivity index (χ0v) is 16.4. The lowest BCUT2D eigenvalue weighted by Crippen LogP contribution is -2.21. The molecular formula is C22H34O5. The quantitative estimate of drug-likeness (QED) is 0.543. The maximum Gasteiger partial charge on any atom is 0.161 e. The topological polar surface area (TPSA) is 87.0 Å². The van der Waals surface area contributed by atoms with Crippen molar-refractivity contribution in [2.45, 2.75) is 95.9 Å². The van der Waals surface area contributed by atoms with Crippen molar-refractivity contribution in [2.75, 3.05) is 0 Å². The Morgan fingerprint density at radius 2 is 1.93 bits per heavy atom. The minimum Gasteiger partial charge on any atom is -0.504 e. The molecule has 0 spiro atoms. The van der Waals surface area contributed by atoms with Crippen LogP contribution in [0.2, 0.25) is 0 Å². The second-order valence-electron chi connectivity index (χ2n) is 7.75. The first-order valence-corrected chi connectivity index (χ1v) is 10.3. The summed E-state index contributed by atoms with van der Waals surface area (Å²) in [5, 5.41) is 29.7. The zero-order valence-electron chi connectivity index (χ0n) is 16.4. The summed E-state index contributed by atoms with van der Waals surface area (Å²) in [7, 11) is 0. The molecule has 2 atom stereocenters. The number of aryl methyl sites for hydroxylation is 1. The largest absolute Gasteiger partial charge is 0.504 e. The third kappa shape index (κ3) is 7.89. The molecular weight excluding hydrogens is 344 g/mol. The molecule has 2 rings (SSSR count). The Labute approximate surface area is 162 Å². The lowest BCUT2D eigenvalue weighted by Gasteiger charge is -2.23. The molecule has 1 aromatic carbocycles. The van der Waals surface area contributed by atoms with Crippen molar-refractivity contribution in [3.05, 3.63) is 23.8 Å². The van der Waals surface area contributed by atoms with Gasteiger partial charge in [0.15, 0.2) is 11.5 Å². The number of phenolic OH excluding ortho intramolecular Hbond substituents is 1. The van der Waals surface area contributed by atoms with E-state index in [2.05, 4.69) is 0 Å². The van der Waals surface area contributed by atoms with Gasteiger partial charge in [0, 0.05) is 12.8 Å². The van der Waals surface area contributed by atoms with Gasteiger partial charge < -0.3 is 20.1 Å². The van der Waals surface area contributed by atoms with E-state index in [0.717, 1.165) is 37.7 Å². The number of aromatic hydroxyl groups is 1. The van der Waals surface area contributed by atoms with Crippen molar-refractivity contribution in [1.29, 1.82) is 0 Å². The van der Waals surface area contributed by atoms with Gasteiger partial charge in [0.2, 0.25) is 0 Å². The first-order valence-electron chi connectivity index (χ1n) is 10.3. The number of ketones is 1. The summed E-state index contributed by atoms with van der Waals surface area (Å²) in [6.07, 6.45) is 7.12. The van der Waals surface area contributed by atoms with Crippen LogP contribution in [0.1, 0.15) is 76.7 Å². The highest BCUT2D eigenvalue weighted by Gasteiger charge is 2.18. The maximum absolute atomic E-state index is 12.1. The Kier molecular flexibility index (Phi) is 9.08. The van der Waals surface area contributed by atoms with Crippen LogP contribution in [0.4, 0.5) is 0 Å². The zero-order chi connectivity index (χ0) is 19.6. The molecule has 0 amide bonds. The normalized spacial score (nSPS) is 17.4. The van der Waals surface area contributed by atoms with E-state index < -0.39 is 12.2 Å². The molecule has 0 saturated heterocycles. The number of ether oxygens (including phenoxy) is 1. The SMILES string of the molecule is CCC[C@H](O)C[C@@H](O)CC(=O)CCc1ccc(O)c(OC2CCCCC2)c1. The van der Waals surface area contributed by atoms with Gasteiger partial charge >= 0.3 is 0 Å². The van der Waals surface area contributed by atoms with Gasteiger partial charge in [-0.2, -0.15) is 0 Å². The molecule has 1 aromatic rings. The number of carbonyl (C=O) groups excluding carboxylic acids is 1. The number of benzene rings is 1. The highest BCUT2D eigenvalue weighted by molar-refractivity contribution is 5.79. The monoisotopic (exact) mass is 378 g/mol. The lowest BCUT2D eigenvalue weighted by atomic mass is 9.97. The summed E-state index contributed by atoms with van der Waals surface area (Å²) in [6, 6.07) is 5.24. The Morgan fingerprint density at radius 3 is 2.63 bits per heavy atom. The molecule has 0 bridgehead atoms. The van der Waals surface area contributed by atoms with Gasteiger partial charge in [-0.3, -0.25) is 4.79 Å². The molecule has 0 unspecified atom stereocenters. The highest BCUT2D eigenvalue weighted by Crippen LogP contribution is 2.31. The molecule has 5 heteroatoms. The molecule has 1 aliphatic rings. The minimum absolute atomic E-state index is 0.0194. The average Bonchev–Trinajstić information content (AvgIpc) is 2.63. The molecule has 1 saturated carbocycles. The fourth-order valence-corrected chi connectivity index (χ4v) is 3.67. The fraction of sp³-hybridized carbons (Fsp3) is 0.682. The van der Waals surface area contributed by atoms with Crippen LogP contribution in [-0.2, 0) is 11.2 Å². The summed E-state index contributed by atoms with van der Waals surface area (Å²) < 4.78 is 5.96. The summed E-state index contributed by atoms with van der Waals surface area (Å²) in [5.74, 6) is 0.611. The molecule has 1 aliphatic carbocycles. The van der Waals surface area contributed by atoms with Crippen LogP contribution in [-0.4, -0.2) is 39.4 Å². The van der Waals surface area contributed by atoms with E-state index >= 15 is 0 Å². The Balaban J connectivity index is 1.80. The van der Waals surface area contributed by atoms with Gasteiger partial charge in [0.25, 0.3) is 0 Å². The summed E-state index contributed by atoms with van der Waals surface area (Å²) >= 11 is 0. The van der Waals surface area contributed by atoms with Crippen molar-refractivity contribution in [1.82, 2.24) is 0 Å². The van der Waals surface area contributed by atoms with Gasteiger partial charge in [-0.15, -0.1) is 0 Å². The minimum atomic E-state index is -0.788. The molecule has 3 N–H and O–H groups in total. The van der Waals surface area contributed by atoms with Crippen molar-refractivity contribution in [3.63, 3.8) is 0 Å². The van der Waals surface area contributed by atoms with Crippen molar-refractivity contribution < 1.29 is 24.9 Å². The van der Waals surface area contributed by atoms with Gasteiger partial charge in [0.1, 0.15) is 5.78 Å². The first-order chi connectivity index (χ1) is 13.0. The van der Waals surface area contributed by atoms with Gasteiger partial charge in [-0.25, -0.2) is 0 Å². The first kappa shape index (κ1) is 21.7. The van der Waals surface area contributed by atoms with E-state index in [1.165, 1.54) is 6.42 Å². The predicted octanol–water partition coefficient (Wildman–Crippen LogP) is 3.91. The van der Waals surface area contributed by atoms with E-state index in [-0.39, 0.29) is 30.5 Å². The molecule has 0 aliphatic heterocycles. The van der Waals surface area contributed by atoms with Crippen molar-refractivity contribution in [2.24, 2.45) is 0 Å². The van der Waals surface area contributed by atoms with Gasteiger partial charge in [0.05, 0.1) is 18.3 Å². The van der Waals surface area contributed by atoms with Crippen LogP contribution in [0.25, 0.3) is 0 Å². The number of aliphatic hydroxyl groups excluding tert-OH is 2. The van der Waals surface area contributed by atoms with Gasteiger partial charge in [-0.1, -0.05) is 25.8 Å². The molecule has 27 heavy (non-hydrogen) atoms. The third-order valence-corrected chi connectivity index (χ3v) is 5.19. The van der Waals surface area contributed by atoms with E-state index in [1.807, 2.05) is 13.0 Å². The molecule has 1 fully saturated rings. The highest BCUT2D eigenvalue weighted by atomic mass is 16.5. The van der Waals surface area contributed by atoms with Crippen LogP contribution in [0, 0.1) is 0 Å². The smallest absolute Gasteiger partial charge is 0.161 e. The molecule has 0 radical (unpaired) electrons. The van der Waals surface area contributed by atoms with E-state index in [4.69, 9.17) is 4.74 Å². The number of hydrogen-bond donors (Lipinski definition) is 3. The third-order valence-electron chi connectivity index (χ3n) is 5.19. The molecule has 0 heterocycles. The van der Waals surface area contributed by atoms with Gasteiger partial charge in [-0.05, 0) is 62.6 Å². The summed E-state index contributed by atoms with van der Waals surface area (Å²) in [6.45, 7) is 1.98. The van der Waals surface area contributed by atoms with Crippen LogP contribution < -0.4 is 4.74 Å².